The third-order valence-corrected chi connectivity index (χ3v) is 2.53. The van der Waals surface area contributed by atoms with Crippen molar-refractivity contribution in [3.8, 4) is 0 Å². The molecule has 0 aliphatic carbocycles. The van der Waals surface area contributed by atoms with Crippen LogP contribution >= 0.6 is 0 Å². The molecule has 0 bridgehead atoms. The van der Waals surface area contributed by atoms with Gasteiger partial charge in [0, 0.05) is 18.6 Å². The number of rotatable bonds is 4. The zero-order valence-electron chi connectivity index (χ0n) is 9.77. The molecule has 96 valence electrons. The molecule has 0 aliphatic heterocycles. The molecule has 0 amide bonds. The number of benzene rings is 1. The Labute approximate surface area is 102 Å². The van der Waals surface area contributed by atoms with E-state index in [-0.39, 0.29) is 12.2 Å². The van der Waals surface area contributed by atoms with Gasteiger partial charge in [-0.3, -0.25) is 0 Å². The Morgan fingerprint density at radius 3 is 2.33 bits per heavy atom. The van der Waals surface area contributed by atoms with Crippen molar-refractivity contribution in [1.29, 1.82) is 0 Å². The number of halogens is 3. The summed E-state index contributed by atoms with van der Waals surface area (Å²) in [6.07, 6.45) is 0.763. The molecule has 2 rings (SSSR count). The van der Waals surface area contributed by atoms with Gasteiger partial charge in [0.2, 0.25) is 0 Å². The van der Waals surface area contributed by atoms with Gasteiger partial charge in [0.05, 0.1) is 12.2 Å². The minimum Gasteiger partial charge on any atom is -0.464 e. The molecule has 0 aliphatic rings. The van der Waals surface area contributed by atoms with Gasteiger partial charge in [0.15, 0.2) is 11.6 Å². The van der Waals surface area contributed by atoms with Gasteiger partial charge >= 0.3 is 0 Å². The van der Waals surface area contributed by atoms with E-state index in [1.54, 1.807) is 6.07 Å². The Kier molecular flexibility index (Phi) is 3.60. The summed E-state index contributed by atoms with van der Waals surface area (Å²) in [5.41, 5.74) is -0.0941. The van der Waals surface area contributed by atoms with Crippen LogP contribution in [0, 0.1) is 17.5 Å². The van der Waals surface area contributed by atoms with Gasteiger partial charge in [-0.05, 0) is 12.1 Å². The molecule has 1 aromatic carbocycles. The fourth-order valence-electron chi connectivity index (χ4n) is 1.55. The van der Waals surface area contributed by atoms with Gasteiger partial charge < -0.3 is 9.73 Å². The maximum Gasteiger partial charge on any atom is 0.161 e. The lowest BCUT2D eigenvalue weighted by Crippen LogP contribution is -2.02. The summed E-state index contributed by atoms with van der Waals surface area (Å²) in [7, 11) is 0. The van der Waals surface area contributed by atoms with Crippen LogP contribution in [0.1, 0.15) is 18.4 Å². The summed E-state index contributed by atoms with van der Waals surface area (Å²) in [4.78, 5) is 0. The average molecular weight is 255 g/mol. The predicted molar refractivity (Wildman–Crippen MR) is 61.7 cm³/mol. The fraction of sp³-hybridized carbons (Fsp3) is 0.231. The van der Waals surface area contributed by atoms with Crippen molar-refractivity contribution in [2.45, 2.75) is 19.9 Å². The van der Waals surface area contributed by atoms with Crippen molar-refractivity contribution in [1.82, 2.24) is 0 Å². The minimum absolute atomic E-state index is 0.0941. The van der Waals surface area contributed by atoms with Crippen molar-refractivity contribution in [3.05, 3.63) is 53.2 Å². The average Bonchev–Trinajstić information content (AvgIpc) is 2.80. The Morgan fingerprint density at radius 1 is 1.00 bits per heavy atom. The van der Waals surface area contributed by atoms with Gasteiger partial charge in [-0.2, -0.15) is 0 Å². The Morgan fingerprint density at radius 2 is 1.67 bits per heavy atom. The van der Waals surface area contributed by atoms with Crippen LogP contribution in [0.3, 0.4) is 0 Å². The molecule has 0 saturated heterocycles. The number of nitrogens with one attached hydrogen (secondary N) is 1. The van der Waals surface area contributed by atoms with Crippen LogP contribution in [0.5, 0.6) is 0 Å². The Balaban J connectivity index is 2.08. The van der Waals surface area contributed by atoms with E-state index in [1.165, 1.54) is 0 Å². The lowest BCUT2D eigenvalue weighted by Gasteiger charge is -2.06. The summed E-state index contributed by atoms with van der Waals surface area (Å²) in [5, 5.41) is 2.66. The molecule has 0 fully saturated rings. The lowest BCUT2D eigenvalue weighted by molar-refractivity contribution is 0.474. The molecule has 1 N–H and O–H groups in total. The van der Waals surface area contributed by atoms with Crippen LogP contribution in [0.25, 0.3) is 0 Å². The topological polar surface area (TPSA) is 25.2 Å². The Hall–Kier alpha value is -1.91. The fourth-order valence-corrected chi connectivity index (χ4v) is 1.55. The standard InChI is InChI=1S/C13H12F3NO/c1-2-8-3-4-9(18-8)7-17-13-6-11(15)10(14)5-12(13)16/h3-6,17H,2,7H2,1H3. The van der Waals surface area contributed by atoms with E-state index in [0.717, 1.165) is 18.2 Å². The molecule has 0 unspecified atom stereocenters. The number of anilines is 1. The summed E-state index contributed by atoms with van der Waals surface area (Å²) in [5.74, 6) is -1.71. The normalized spacial score (nSPS) is 10.7. The van der Waals surface area contributed by atoms with E-state index in [0.29, 0.717) is 11.8 Å². The first kappa shape index (κ1) is 12.5. The van der Waals surface area contributed by atoms with Crippen molar-refractivity contribution in [2.75, 3.05) is 5.32 Å². The highest BCUT2D eigenvalue weighted by Gasteiger charge is 2.10. The molecule has 2 nitrogen and oxygen atoms in total. The second kappa shape index (κ2) is 5.16. The van der Waals surface area contributed by atoms with Crippen molar-refractivity contribution < 1.29 is 17.6 Å². The molecule has 18 heavy (non-hydrogen) atoms. The smallest absolute Gasteiger partial charge is 0.161 e. The van der Waals surface area contributed by atoms with E-state index in [2.05, 4.69) is 5.32 Å². The van der Waals surface area contributed by atoms with E-state index in [1.807, 2.05) is 13.0 Å². The maximum absolute atomic E-state index is 13.3. The second-order valence-electron chi connectivity index (χ2n) is 3.82. The highest BCUT2D eigenvalue weighted by atomic mass is 19.2. The van der Waals surface area contributed by atoms with Gasteiger partial charge in [-0.1, -0.05) is 6.92 Å². The van der Waals surface area contributed by atoms with Crippen LogP contribution in [-0.4, -0.2) is 0 Å². The summed E-state index contributed by atoms with van der Waals surface area (Å²) < 4.78 is 44.3. The number of aryl methyl sites for hydroxylation is 1. The third kappa shape index (κ3) is 2.67. The van der Waals surface area contributed by atoms with E-state index in [9.17, 15) is 13.2 Å². The molecule has 0 radical (unpaired) electrons. The summed E-state index contributed by atoms with van der Waals surface area (Å²) in [6, 6.07) is 4.87. The van der Waals surface area contributed by atoms with Crippen molar-refractivity contribution >= 4 is 5.69 Å². The van der Waals surface area contributed by atoms with E-state index >= 15 is 0 Å². The molecule has 5 heteroatoms. The van der Waals surface area contributed by atoms with Crippen LogP contribution in [0.2, 0.25) is 0 Å². The van der Waals surface area contributed by atoms with E-state index in [4.69, 9.17) is 4.42 Å². The van der Waals surface area contributed by atoms with Crippen molar-refractivity contribution in [3.63, 3.8) is 0 Å². The van der Waals surface area contributed by atoms with Gasteiger partial charge in [0.25, 0.3) is 0 Å². The number of hydrogen-bond acceptors (Lipinski definition) is 2. The monoisotopic (exact) mass is 255 g/mol. The molecular weight excluding hydrogens is 243 g/mol. The highest BCUT2D eigenvalue weighted by molar-refractivity contribution is 5.45. The number of furan rings is 1. The first-order chi connectivity index (χ1) is 8.60. The van der Waals surface area contributed by atoms with Crippen LogP contribution < -0.4 is 5.32 Å². The molecule has 2 aromatic rings. The molecule has 0 atom stereocenters. The van der Waals surface area contributed by atoms with E-state index < -0.39 is 17.5 Å². The highest BCUT2D eigenvalue weighted by Crippen LogP contribution is 2.19. The molecule has 1 aromatic heterocycles. The quantitative estimate of drug-likeness (QED) is 0.839. The summed E-state index contributed by atoms with van der Waals surface area (Å²) >= 11 is 0. The zero-order valence-corrected chi connectivity index (χ0v) is 9.77. The third-order valence-electron chi connectivity index (χ3n) is 2.53. The first-order valence-electron chi connectivity index (χ1n) is 5.56. The van der Waals surface area contributed by atoms with Gasteiger partial charge in [0.1, 0.15) is 17.3 Å². The zero-order chi connectivity index (χ0) is 13.1. The van der Waals surface area contributed by atoms with Crippen LogP contribution in [0.4, 0.5) is 18.9 Å². The summed E-state index contributed by atoms with van der Waals surface area (Å²) in [6.45, 7) is 2.16. The lowest BCUT2D eigenvalue weighted by atomic mass is 10.2. The largest absolute Gasteiger partial charge is 0.464 e. The maximum atomic E-state index is 13.3. The molecule has 0 saturated carbocycles. The first-order valence-corrected chi connectivity index (χ1v) is 5.56. The Bertz CT molecular complexity index is 551. The van der Waals surface area contributed by atoms with Crippen LogP contribution in [0.15, 0.2) is 28.7 Å². The number of hydrogen-bond donors (Lipinski definition) is 1. The van der Waals surface area contributed by atoms with Gasteiger partial charge in [-0.15, -0.1) is 0 Å². The second-order valence-corrected chi connectivity index (χ2v) is 3.82. The van der Waals surface area contributed by atoms with Gasteiger partial charge in [-0.25, -0.2) is 13.2 Å². The molecular formula is C13H12F3NO. The minimum atomic E-state index is -1.20. The van der Waals surface area contributed by atoms with Crippen LogP contribution in [-0.2, 0) is 13.0 Å². The predicted octanol–water partition coefficient (Wildman–Crippen LogP) is 3.87. The SMILES string of the molecule is CCc1ccc(CNc2cc(F)c(F)cc2F)o1. The van der Waals surface area contributed by atoms with Crippen molar-refractivity contribution in [2.24, 2.45) is 0 Å². The molecule has 1 heterocycles. The molecule has 0 spiro atoms.